The third-order valence-electron chi connectivity index (χ3n) is 4.09. The Labute approximate surface area is 192 Å². The van der Waals surface area contributed by atoms with Crippen molar-refractivity contribution in [2.45, 2.75) is 9.90 Å². The normalized spacial score (nSPS) is 12.5. The zero-order chi connectivity index (χ0) is 22.4. The maximum atomic E-state index is 12.3. The summed E-state index contributed by atoms with van der Waals surface area (Å²) in [4.78, 5) is 23.3. The number of rotatable bonds is 6. The molecule has 3 rings (SSSR count). The molecule has 0 aromatic heterocycles. The summed E-state index contributed by atoms with van der Waals surface area (Å²) in [5, 5.41) is 19.9. The van der Waals surface area contributed by atoms with Crippen LogP contribution in [0.2, 0.25) is 0 Å². The van der Waals surface area contributed by atoms with Crippen molar-refractivity contribution < 1.29 is 14.5 Å². The first-order valence-electron chi connectivity index (χ1n) is 8.83. The van der Waals surface area contributed by atoms with E-state index in [1.165, 1.54) is 18.2 Å². The van der Waals surface area contributed by atoms with Crippen molar-refractivity contribution in [2.75, 3.05) is 0 Å². The lowest BCUT2D eigenvalue weighted by atomic mass is 9.99. The van der Waals surface area contributed by atoms with Gasteiger partial charge in [-0.2, -0.15) is 10.2 Å². The monoisotopic (exact) mass is 477 g/mol. The zero-order valence-electron chi connectivity index (χ0n) is 15.7. The fourth-order valence-corrected chi connectivity index (χ4v) is 2.84. The second-order valence-electron chi connectivity index (χ2n) is 6.23. The van der Waals surface area contributed by atoms with Crippen molar-refractivity contribution in [2.24, 2.45) is 10.2 Å². The van der Waals surface area contributed by atoms with E-state index in [-0.39, 0.29) is 11.3 Å². The number of carbonyl (C=O) groups is 1. The lowest BCUT2D eigenvalue weighted by molar-refractivity contribution is -0.386. The number of carbonyl (C=O) groups excluding carboxylic acids is 1. The molecule has 0 heterocycles. The highest BCUT2D eigenvalue weighted by Crippen LogP contribution is 2.38. The number of alkyl halides is 3. The molecule has 158 valence electrons. The highest BCUT2D eigenvalue weighted by molar-refractivity contribution is 6.75. The Bertz CT molecular complexity index is 1100. The van der Waals surface area contributed by atoms with Gasteiger partial charge in [0.15, 0.2) is 6.10 Å². The first-order valence-corrected chi connectivity index (χ1v) is 9.97. The summed E-state index contributed by atoms with van der Waals surface area (Å²) < 4.78 is 3.03. The molecule has 0 bridgehead atoms. The number of hydrogen-bond acceptors (Lipinski definition) is 6. The summed E-state index contributed by atoms with van der Waals surface area (Å²) in [6.07, 6.45) is -1.21. The van der Waals surface area contributed by atoms with Crippen molar-refractivity contribution in [3.8, 4) is 0 Å². The number of nitro benzene ring substituents is 1. The van der Waals surface area contributed by atoms with Crippen LogP contribution in [0.3, 0.4) is 0 Å². The van der Waals surface area contributed by atoms with Gasteiger partial charge in [0, 0.05) is 6.07 Å². The average Bonchev–Trinajstić information content (AvgIpc) is 2.76. The molecule has 0 radical (unpaired) electrons. The van der Waals surface area contributed by atoms with Crippen LogP contribution < -0.4 is 0 Å². The molecule has 0 aliphatic carbocycles. The Morgan fingerprint density at radius 3 is 2.06 bits per heavy atom. The van der Waals surface area contributed by atoms with E-state index in [2.05, 4.69) is 10.2 Å². The average molecular weight is 479 g/mol. The second-order valence-corrected chi connectivity index (χ2v) is 8.51. The van der Waals surface area contributed by atoms with Crippen LogP contribution in [-0.2, 0) is 9.53 Å². The third kappa shape index (κ3) is 6.01. The molecule has 0 N–H and O–H groups in total. The van der Waals surface area contributed by atoms with E-state index < -0.39 is 20.8 Å². The molecule has 0 aliphatic heterocycles. The Balaban J connectivity index is 2.08. The number of halogens is 3. The van der Waals surface area contributed by atoms with Gasteiger partial charge in [-0.15, -0.1) is 0 Å². The largest absolute Gasteiger partial charge is 0.449 e. The van der Waals surface area contributed by atoms with Gasteiger partial charge in [0.25, 0.3) is 9.48 Å². The van der Waals surface area contributed by atoms with Gasteiger partial charge in [-0.05, 0) is 29.8 Å². The number of azo groups is 1. The van der Waals surface area contributed by atoms with Crippen molar-refractivity contribution in [3.05, 3.63) is 100 Å². The molecule has 0 aliphatic rings. The Morgan fingerprint density at radius 2 is 1.48 bits per heavy atom. The zero-order valence-corrected chi connectivity index (χ0v) is 18.0. The van der Waals surface area contributed by atoms with Crippen LogP contribution in [0.5, 0.6) is 0 Å². The van der Waals surface area contributed by atoms with Gasteiger partial charge in [-0.3, -0.25) is 10.1 Å². The number of nitro groups is 1. The lowest BCUT2D eigenvalue weighted by Gasteiger charge is -2.21. The summed E-state index contributed by atoms with van der Waals surface area (Å²) in [7, 11) is 0. The molecule has 0 saturated carbocycles. The van der Waals surface area contributed by atoms with Crippen LogP contribution in [0.25, 0.3) is 0 Å². The fourth-order valence-electron chi connectivity index (χ4n) is 2.70. The van der Waals surface area contributed by atoms with Gasteiger partial charge in [0.1, 0.15) is 0 Å². The minimum Gasteiger partial charge on any atom is -0.449 e. The number of hydrogen-bond donors (Lipinski definition) is 0. The van der Waals surface area contributed by atoms with Gasteiger partial charge in [0.2, 0.25) is 0 Å². The van der Waals surface area contributed by atoms with Crippen LogP contribution in [0.1, 0.15) is 17.2 Å². The molecule has 0 saturated heterocycles. The molecule has 31 heavy (non-hydrogen) atoms. The van der Waals surface area contributed by atoms with E-state index in [1.54, 1.807) is 54.6 Å². The maximum Gasteiger partial charge on any atom is 0.359 e. The number of nitrogens with zero attached hydrogens (tertiary/aromatic N) is 3. The lowest BCUT2D eigenvalue weighted by Crippen LogP contribution is -2.25. The SMILES string of the molecule is O=C(OC(c1ccccc1)c1cc(N=Nc2ccccc2)ccc1[N+](=O)[O-])C(Cl)(Cl)Cl. The molecule has 0 spiro atoms. The molecule has 7 nitrogen and oxygen atoms in total. The summed E-state index contributed by atoms with van der Waals surface area (Å²) in [6.45, 7) is 0. The summed E-state index contributed by atoms with van der Waals surface area (Å²) >= 11 is 16.9. The summed E-state index contributed by atoms with van der Waals surface area (Å²) in [5.41, 5.74) is 1.14. The molecular weight excluding hydrogens is 465 g/mol. The minimum absolute atomic E-state index is 0.0586. The van der Waals surface area contributed by atoms with Crippen LogP contribution >= 0.6 is 34.8 Å². The molecule has 1 atom stereocenters. The molecule has 1 unspecified atom stereocenters. The molecule has 3 aromatic rings. The predicted molar refractivity (Wildman–Crippen MR) is 118 cm³/mol. The van der Waals surface area contributed by atoms with E-state index in [4.69, 9.17) is 39.5 Å². The van der Waals surface area contributed by atoms with E-state index in [1.807, 2.05) is 6.07 Å². The second kappa shape index (κ2) is 9.87. The van der Waals surface area contributed by atoms with Crippen LogP contribution in [-0.4, -0.2) is 14.7 Å². The third-order valence-corrected chi connectivity index (χ3v) is 4.55. The fraction of sp³-hybridized carbons (Fsp3) is 0.0952. The van der Waals surface area contributed by atoms with E-state index in [0.717, 1.165) is 0 Å². The highest BCUT2D eigenvalue weighted by Gasteiger charge is 2.37. The van der Waals surface area contributed by atoms with E-state index in [0.29, 0.717) is 16.9 Å². The van der Waals surface area contributed by atoms with Crippen LogP contribution in [0.4, 0.5) is 17.1 Å². The summed E-state index contributed by atoms with van der Waals surface area (Å²) in [6, 6.07) is 21.5. The number of esters is 1. The standard InChI is InChI=1S/C21H14Cl3N3O4/c22-21(23,24)20(28)31-19(14-7-3-1-4-8-14)17-13-16(11-12-18(17)27(29)30)26-25-15-9-5-2-6-10-15/h1-13,19H. The van der Waals surface area contributed by atoms with Crippen LogP contribution in [0, 0.1) is 10.1 Å². The van der Waals surface area contributed by atoms with Gasteiger partial charge < -0.3 is 4.74 Å². The van der Waals surface area contributed by atoms with Crippen LogP contribution in [0.15, 0.2) is 89.1 Å². The summed E-state index contributed by atoms with van der Waals surface area (Å²) in [5.74, 6) is -1.17. The number of ether oxygens (including phenoxy) is 1. The van der Waals surface area contributed by atoms with Gasteiger partial charge in [0.05, 0.1) is 21.9 Å². The van der Waals surface area contributed by atoms with E-state index >= 15 is 0 Å². The molecule has 0 fully saturated rings. The first kappa shape index (κ1) is 22.7. The molecule has 3 aromatic carbocycles. The predicted octanol–water partition coefficient (Wildman–Crippen LogP) is 7.01. The van der Waals surface area contributed by atoms with Gasteiger partial charge in [-0.25, -0.2) is 4.79 Å². The smallest absolute Gasteiger partial charge is 0.359 e. The minimum atomic E-state index is -2.35. The first-order chi connectivity index (χ1) is 14.8. The maximum absolute atomic E-state index is 12.3. The van der Waals surface area contributed by atoms with Crippen molar-refractivity contribution in [3.63, 3.8) is 0 Å². The molecule has 10 heteroatoms. The Kier molecular flexibility index (Phi) is 7.22. The quantitative estimate of drug-likeness (QED) is 0.125. The van der Waals surface area contributed by atoms with Crippen molar-refractivity contribution in [1.82, 2.24) is 0 Å². The van der Waals surface area contributed by atoms with E-state index in [9.17, 15) is 14.9 Å². The molecule has 0 amide bonds. The highest BCUT2D eigenvalue weighted by atomic mass is 35.6. The topological polar surface area (TPSA) is 94.2 Å². The van der Waals surface area contributed by atoms with Crippen molar-refractivity contribution >= 4 is 57.8 Å². The van der Waals surface area contributed by atoms with Gasteiger partial charge >= 0.3 is 5.97 Å². The molecular formula is C21H14Cl3N3O4. The van der Waals surface area contributed by atoms with Crippen molar-refractivity contribution in [1.29, 1.82) is 0 Å². The Hall–Kier alpha value is -3.00. The Morgan fingerprint density at radius 1 is 0.903 bits per heavy atom. The van der Waals surface area contributed by atoms with Gasteiger partial charge in [-0.1, -0.05) is 83.3 Å². The number of benzene rings is 3.